The molecule has 0 spiro atoms. The molecule has 3 aromatic rings. The van der Waals surface area contributed by atoms with Crippen LogP contribution in [0.15, 0.2) is 41.8 Å². The maximum atomic E-state index is 14.1. The van der Waals surface area contributed by atoms with Crippen LogP contribution in [0, 0.1) is 30.6 Å². The number of fused-ring (bicyclic) bond motifs is 1. The van der Waals surface area contributed by atoms with E-state index in [-0.39, 0.29) is 48.9 Å². The Balaban J connectivity index is 1.26. The molecule has 1 aromatic carbocycles. The minimum Gasteiger partial charge on any atom is -0.460 e. The topological polar surface area (TPSA) is 243 Å². The lowest BCUT2D eigenvalue weighted by Gasteiger charge is -2.27. The van der Waals surface area contributed by atoms with E-state index >= 15 is 0 Å². The summed E-state index contributed by atoms with van der Waals surface area (Å²) < 4.78 is 19.1. The average molecular weight is 1120 g/mol. The first-order valence-corrected chi connectivity index (χ1v) is 28.8. The Morgan fingerprint density at radius 1 is 0.684 bits per heavy atom. The van der Waals surface area contributed by atoms with Crippen molar-refractivity contribution in [1.82, 2.24) is 20.5 Å². The Labute approximate surface area is 470 Å². The number of anilines is 1. The molecule has 2 heterocycles. The predicted molar refractivity (Wildman–Crippen MR) is 303 cm³/mol. The van der Waals surface area contributed by atoms with Crippen molar-refractivity contribution in [3.05, 3.63) is 53.0 Å². The number of likely N-dealkylation sites (N-methyl/N-ethyl adjacent to an activating group) is 1. The van der Waals surface area contributed by atoms with Gasteiger partial charge in [-0.25, -0.2) is 0 Å². The molecule has 2 aromatic heterocycles. The number of ether oxygens (including phenoxy) is 3. The molecular formula is C60H87N5O13S. The highest BCUT2D eigenvalue weighted by Crippen LogP contribution is 2.34. The van der Waals surface area contributed by atoms with Crippen LogP contribution >= 0.6 is 11.3 Å². The van der Waals surface area contributed by atoms with Crippen molar-refractivity contribution in [3.8, 4) is 0 Å². The van der Waals surface area contributed by atoms with Gasteiger partial charge in [-0.3, -0.25) is 43.2 Å². The summed E-state index contributed by atoms with van der Waals surface area (Å²) in [5, 5.41) is 10.4. The number of Topliss-reactive ketones (excluding diaryl/α,β-unsaturated/α-hetero) is 3. The number of thiophene rings is 1. The highest BCUT2D eigenvalue weighted by Gasteiger charge is 2.36. The van der Waals surface area contributed by atoms with Crippen molar-refractivity contribution in [3.63, 3.8) is 0 Å². The Bertz CT molecular complexity index is 2620. The molecule has 1 aliphatic carbocycles. The van der Waals surface area contributed by atoms with Crippen LogP contribution in [0.3, 0.4) is 0 Å². The van der Waals surface area contributed by atoms with Gasteiger partial charge in [0.15, 0.2) is 11.6 Å². The molecule has 1 fully saturated rings. The molecule has 0 aliphatic heterocycles. The van der Waals surface area contributed by atoms with E-state index in [1.807, 2.05) is 60.2 Å². The second kappa shape index (κ2) is 29.8. The van der Waals surface area contributed by atoms with E-state index in [0.717, 1.165) is 40.7 Å². The number of carbonyl (C=O) groups is 10. The van der Waals surface area contributed by atoms with Gasteiger partial charge in [-0.05, 0) is 163 Å². The molecule has 4 amide bonds. The molecule has 0 unspecified atom stereocenters. The Morgan fingerprint density at radius 2 is 1.24 bits per heavy atom. The number of aromatic nitrogens is 1. The van der Waals surface area contributed by atoms with Crippen molar-refractivity contribution in [2.24, 2.45) is 23.7 Å². The highest BCUT2D eigenvalue weighted by molar-refractivity contribution is 7.17. The molecule has 18 nitrogen and oxygen atoms in total. The molecular weight excluding hydrogens is 1030 g/mol. The molecule has 1 saturated carbocycles. The summed E-state index contributed by atoms with van der Waals surface area (Å²) in [6.45, 7) is 21.3. The van der Waals surface area contributed by atoms with Crippen molar-refractivity contribution >= 4 is 86.1 Å². The molecule has 1 aliphatic rings. The molecule has 0 radical (unpaired) electrons. The van der Waals surface area contributed by atoms with E-state index in [9.17, 15) is 47.9 Å². The smallest absolute Gasteiger partial charge is 0.308 e. The fourth-order valence-corrected chi connectivity index (χ4v) is 10.5. The lowest BCUT2D eigenvalue weighted by molar-refractivity contribution is -0.159. The molecule has 3 atom stereocenters. The number of benzene rings is 1. The van der Waals surface area contributed by atoms with Gasteiger partial charge in [-0.15, -0.1) is 11.3 Å². The van der Waals surface area contributed by atoms with Gasteiger partial charge in [-0.1, -0.05) is 25.0 Å². The zero-order valence-electron chi connectivity index (χ0n) is 48.8. The normalized spacial score (nSPS) is 15.9. The first-order valence-electron chi connectivity index (χ1n) is 27.9. The number of nitrogens with zero attached hydrogens (tertiary/aromatic N) is 2. The van der Waals surface area contributed by atoms with E-state index in [0.29, 0.717) is 57.3 Å². The number of esters is 3. The standard InChI is InChI=1S/C60H87N5O13S/c1-13-64(44-20-18-19-38(2)29-44)51(69)37-65-46-25-28-79-50(46)36-47(65)49(68)31-40-21-23-41(24-22-40)55(73)61-26-16-14-15-17-27-62-56(74)43(34-53(71)77-59(7,8)9)32-48(67)45(35-54(72)78-60(10,11)12)63-57(75)42(30-39(3)66)33-52(70)76-58(4,5)6/h18-20,25,28-29,36,40-43,45H,13-17,21-24,26-27,30-35,37H2,1-12H3,(H,61,73)(H,62,74)(H,63,75)/t40?,41?,42-,43-,45-/m0/s1. The van der Waals surface area contributed by atoms with E-state index in [1.165, 1.54) is 6.92 Å². The molecule has 3 N–H and O–H groups in total. The van der Waals surface area contributed by atoms with E-state index in [2.05, 4.69) is 16.0 Å². The summed E-state index contributed by atoms with van der Waals surface area (Å²) in [7, 11) is 0. The van der Waals surface area contributed by atoms with Crippen molar-refractivity contribution in [2.45, 2.75) is 202 Å². The number of rotatable bonds is 29. The Morgan fingerprint density at radius 3 is 1.78 bits per heavy atom. The van der Waals surface area contributed by atoms with Crippen molar-refractivity contribution < 1.29 is 62.2 Å². The second-order valence-electron chi connectivity index (χ2n) is 24.0. The van der Waals surface area contributed by atoms with Crippen LogP contribution < -0.4 is 20.9 Å². The summed E-state index contributed by atoms with van der Waals surface area (Å²) in [5.74, 6) is -7.49. The maximum absolute atomic E-state index is 14.1. The fraction of sp³-hybridized carbons (Fsp3) is 0.633. The number of aryl methyl sites for hydroxylation is 1. The van der Waals surface area contributed by atoms with Crippen LogP contribution in [0.5, 0.6) is 0 Å². The number of carbonyl (C=O) groups excluding carboxylic acids is 10. The van der Waals surface area contributed by atoms with Gasteiger partial charge in [-0.2, -0.15) is 0 Å². The van der Waals surface area contributed by atoms with Crippen LogP contribution in [0.2, 0.25) is 0 Å². The molecule has 0 saturated heterocycles. The zero-order chi connectivity index (χ0) is 58.8. The van der Waals surface area contributed by atoms with Gasteiger partial charge >= 0.3 is 17.9 Å². The summed E-state index contributed by atoms with van der Waals surface area (Å²) in [6, 6.07) is 10.1. The first kappa shape index (κ1) is 65.3. The first-order chi connectivity index (χ1) is 36.9. The van der Waals surface area contributed by atoms with Crippen LogP contribution in [-0.2, 0) is 63.9 Å². The van der Waals surface area contributed by atoms with Crippen LogP contribution in [0.4, 0.5) is 5.69 Å². The van der Waals surface area contributed by atoms with Gasteiger partial charge in [0.25, 0.3) is 0 Å². The van der Waals surface area contributed by atoms with Crippen molar-refractivity contribution in [1.29, 1.82) is 0 Å². The third-order valence-corrected chi connectivity index (χ3v) is 14.2. The predicted octanol–water partition coefficient (Wildman–Crippen LogP) is 9.09. The lowest BCUT2D eigenvalue weighted by Crippen LogP contribution is -2.47. The largest absolute Gasteiger partial charge is 0.460 e. The van der Waals surface area contributed by atoms with E-state index in [1.54, 1.807) is 78.6 Å². The fourth-order valence-electron chi connectivity index (χ4n) is 9.71. The Kier molecular flexibility index (Phi) is 24.6. The van der Waals surface area contributed by atoms with Gasteiger partial charge in [0, 0.05) is 50.5 Å². The molecule has 79 heavy (non-hydrogen) atoms. The third kappa shape index (κ3) is 22.8. The van der Waals surface area contributed by atoms with Crippen molar-refractivity contribution in [2.75, 3.05) is 24.5 Å². The average Bonchev–Trinajstić information content (AvgIpc) is 4.08. The minimum atomic E-state index is -1.54. The number of unbranched alkanes of at least 4 members (excludes halogenated alkanes) is 3. The van der Waals surface area contributed by atoms with Gasteiger partial charge in [0.2, 0.25) is 23.6 Å². The molecule has 4 rings (SSSR count). The SMILES string of the molecule is CCN(C(=O)Cn1c(C(=O)CC2CCC(C(=O)NCCCCCCNC(=O)[C@H](CC(=O)OC(C)(C)C)CC(=O)[C@H](CC(=O)OC(C)(C)C)NC(=O)[C@@H](CC(C)=O)CC(=O)OC(C)(C)C)CC2)cc2sccc21)c1cccc(C)c1. The minimum absolute atomic E-state index is 0.00214. The quantitative estimate of drug-likeness (QED) is 0.0255. The number of hydrogen-bond donors (Lipinski definition) is 3. The lowest BCUT2D eigenvalue weighted by atomic mass is 9.79. The summed E-state index contributed by atoms with van der Waals surface area (Å²) >= 11 is 1.54. The zero-order valence-corrected chi connectivity index (χ0v) is 49.6. The number of amides is 4. The van der Waals surface area contributed by atoms with E-state index in [4.69, 9.17) is 14.2 Å². The molecule has 436 valence electrons. The van der Waals surface area contributed by atoms with Gasteiger partial charge < -0.3 is 44.4 Å². The number of nitrogens with one attached hydrogen (secondary N) is 3. The molecule has 0 bridgehead atoms. The summed E-state index contributed by atoms with van der Waals surface area (Å²) in [5.41, 5.74) is 0.577. The van der Waals surface area contributed by atoms with Gasteiger partial charge in [0.05, 0.1) is 53.1 Å². The summed E-state index contributed by atoms with van der Waals surface area (Å²) in [6.07, 6.45) is 3.44. The maximum Gasteiger partial charge on any atom is 0.308 e. The van der Waals surface area contributed by atoms with Crippen LogP contribution in [-0.4, -0.2) is 106 Å². The monoisotopic (exact) mass is 1120 g/mol. The van der Waals surface area contributed by atoms with E-state index < -0.39 is 102 Å². The van der Waals surface area contributed by atoms with Crippen LogP contribution in [0.25, 0.3) is 10.2 Å². The third-order valence-electron chi connectivity index (χ3n) is 13.3. The number of ketones is 3. The highest BCUT2D eigenvalue weighted by atomic mass is 32.1. The summed E-state index contributed by atoms with van der Waals surface area (Å²) in [4.78, 5) is 135. The second-order valence-corrected chi connectivity index (χ2v) is 25.0. The number of hydrogen-bond acceptors (Lipinski definition) is 14. The Hall–Kier alpha value is -6.24. The van der Waals surface area contributed by atoms with Crippen LogP contribution in [0.1, 0.15) is 182 Å². The molecule has 19 heteroatoms. The van der Waals surface area contributed by atoms with Gasteiger partial charge in [0.1, 0.15) is 29.1 Å².